The normalized spacial score (nSPS) is 11.7. The Hall–Kier alpha value is -0.920. The number of nitrogens with zero attached hydrogens (tertiary/aromatic N) is 1. The van der Waals surface area contributed by atoms with Crippen LogP contribution in [0.3, 0.4) is 0 Å². The van der Waals surface area contributed by atoms with Crippen LogP contribution >= 0.6 is 26.6 Å². The quantitative estimate of drug-likeness (QED) is 0.793. The minimum absolute atomic E-state index is 0.195. The Balaban J connectivity index is 2.32. The van der Waals surface area contributed by atoms with Crippen molar-refractivity contribution in [3.63, 3.8) is 0 Å². The van der Waals surface area contributed by atoms with Crippen LogP contribution in [0.2, 0.25) is 0 Å². The van der Waals surface area contributed by atoms with Crippen molar-refractivity contribution in [1.82, 2.24) is 5.16 Å². The van der Waals surface area contributed by atoms with Crippen molar-refractivity contribution >= 4 is 35.7 Å². The molecule has 0 amide bonds. The first-order chi connectivity index (χ1) is 8.35. The molecule has 1 aromatic heterocycles. The van der Waals surface area contributed by atoms with Crippen molar-refractivity contribution in [2.24, 2.45) is 0 Å². The molecule has 0 atom stereocenters. The van der Waals surface area contributed by atoms with Crippen LogP contribution in [-0.4, -0.2) is 13.6 Å². The summed E-state index contributed by atoms with van der Waals surface area (Å²) in [6.07, 6.45) is 0. The molecule has 0 N–H and O–H groups in total. The Labute approximate surface area is 115 Å². The van der Waals surface area contributed by atoms with Gasteiger partial charge in [-0.3, -0.25) is 0 Å². The van der Waals surface area contributed by atoms with Gasteiger partial charge in [-0.25, -0.2) is 12.8 Å². The summed E-state index contributed by atoms with van der Waals surface area (Å²) in [6.45, 7) is 0. The van der Waals surface area contributed by atoms with E-state index in [-0.39, 0.29) is 10.2 Å². The zero-order chi connectivity index (χ0) is 13.3. The van der Waals surface area contributed by atoms with Gasteiger partial charge in [0.25, 0.3) is 0 Å². The van der Waals surface area contributed by atoms with Gasteiger partial charge < -0.3 is 4.52 Å². The molecule has 18 heavy (non-hydrogen) atoms. The van der Waals surface area contributed by atoms with E-state index in [9.17, 15) is 12.8 Å². The summed E-state index contributed by atoms with van der Waals surface area (Å²) in [7, 11) is 1.42. The largest absolute Gasteiger partial charge is 0.356 e. The van der Waals surface area contributed by atoms with E-state index in [1.807, 2.05) is 0 Å². The Morgan fingerprint density at radius 3 is 2.72 bits per heavy atom. The highest BCUT2D eigenvalue weighted by Crippen LogP contribution is 2.26. The number of benzene rings is 1. The number of aromatic nitrogens is 1. The molecule has 0 saturated heterocycles. The number of hydrogen-bond donors (Lipinski definition) is 0. The molecule has 0 aliphatic heterocycles. The van der Waals surface area contributed by atoms with Crippen molar-refractivity contribution in [3.8, 4) is 11.3 Å². The van der Waals surface area contributed by atoms with Gasteiger partial charge in [0.05, 0.1) is 4.47 Å². The monoisotopic (exact) mass is 353 g/mol. The molecule has 1 heterocycles. The topological polar surface area (TPSA) is 60.2 Å². The maximum Gasteiger partial charge on any atom is 0.238 e. The van der Waals surface area contributed by atoms with E-state index in [4.69, 9.17) is 15.2 Å². The Kier molecular flexibility index (Phi) is 3.74. The standard InChI is InChI=1S/C10H6BrClFNO3S/c11-8-3-6(1-2-9(8)13)10-4-7(14-17-10)5-18(12,15)16/h1-4H,5H2. The van der Waals surface area contributed by atoms with E-state index in [0.717, 1.165) is 0 Å². The summed E-state index contributed by atoms with van der Waals surface area (Å²) in [5.74, 6) is -0.478. The summed E-state index contributed by atoms with van der Waals surface area (Å²) in [4.78, 5) is 0. The van der Waals surface area contributed by atoms with Gasteiger partial charge in [-0.2, -0.15) is 0 Å². The second-order valence-corrected chi connectivity index (χ2v) is 7.13. The summed E-state index contributed by atoms with van der Waals surface area (Å²) in [6, 6.07) is 5.72. The lowest BCUT2D eigenvalue weighted by molar-refractivity contribution is 0.426. The van der Waals surface area contributed by atoms with Gasteiger partial charge in [-0.15, -0.1) is 0 Å². The van der Waals surface area contributed by atoms with Crippen molar-refractivity contribution in [2.75, 3.05) is 0 Å². The van der Waals surface area contributed by atoms with Crippen LogP contribution in [0.5, 0.6) is 0 Å². The average molecular weight is 355 g/mol. The van der Waals surface area contributed by atoms with E-state index in [1.165, 1.54) is 24.3 Å². The average Bonchev–Trinajstić information content (AvgIpc) is 2.68. The minimum atomic E-state index is -3.68. The highest BCUT2D eigenvalue weighted by molar-refractivity contribution is 9.10. The summed E-state index contributed by atoms with van der Waals surface area (Å²) >= 11 is 3.04. The first-order valence-electron chi connectivity index (χ1n) is 4.68. The molecule has 0 aliphatic carbocycles. The molecule has 0 fully saturated rings. The zero-order valence-corrected chi connectivity index (χ0v) is 11.9. The van der Waals surface area contributed by atoms with Crippen LogP contribution in [0, 0.1) is 5.82 Å². The van der Waals surface area contributed by atoms with Crippen LogP contribution in [0.4, 0.5) is 4.39 Å². The Morgan fingerprint density at radius 2 is 2.11 bits per heavy atom. The lowest BCUT2D eigenvalue weighted by Gasteiger charge is -1.97. The summed E-state index contributed by atoms with van der Waals surface area (Å²) in [5, 5.41) is 3.58. The fraction of sp³-hybridized carbons (Fsp3) is 0.100. The van der Waals surface area contributed by atoms with Gasteiger partial charge in [0.2, 0.25) is 9.05 Å². The van der Waals surface area contributed by atoms with E-state index in [1.54, 1.807) is 0 Å². The minimum Gasteiger partial charge on any atom is -0.356 e. The van der Waals surface area contributed by atoms with Gasteiger partial charge in [0.15, 0.2) is 5.76 Å². The molecular weight excluding hydrogens is 349 g/mol. The first-order valence-corrected chi connectivity index (χ1v) is 7.95. The first kappa shape index (κ1) is 13.5. The van der Waals surface area contributed by atoms with Crippen molar-refractivity contribution in [1.29, 1.82) is 0 Å². The molecule has 0 saturated carbocycles. The van der Waals surface area contributed by atoms with Crippen LogP contribution in [0.25, 0.3) is 11.3 Å². The fourth-order valence-electron chi connectivity index (χ4n) is 1.34. The number of hydrogen-bond acceptors (Lipinski definition) is 4. The second kappa shape index (κ2) is 4.99. The van der Waals surface area contributed by atoms with E-state index in [2.05, 4.69) is 21.1 Å². The van der Waals surface area contributed by atoms with Gasteiger partial charge in [0, 0.05) is 22.3 Å². The molecule has 4 nitrogen and oxygen atoms in total. The van der Waals surface area contributed by atoms with E-state index in [0.29, 0.717) is 11.3 Å². The smallest absolute Gasteiger partial charge is 0.238 e. The maximum atomic E-state index is 13.1. The number of halogens is 3. The van der Waals surface area contributed by atoms with Gasteiger partial charge in [-0.05, 0) is 34.1 Å². The van der Waals surface area contributed by atoms with Crippen molar-refractivity contribution < 1.29 is 17.3 Å². The van der Waals surface area contributed by atoms with Crippen LogP contribution in [0.15, 0.2) is 33.3 Å². The molecule has 0 unspecified atom stereocenters. The molecule has 96 valence electrons. The van der Waals surface area contributed by atoms with Gasteiger partial charge >= 0.3 is 0 Å². The molecule has 0 spiro atoms. The number of rotatable bonds is 3. The van der Waals surface area contributed by atoms with E-state index >= 15 is 0 Å². The SMILES string of the molecule is O=S(=O)(Cl)Cc1cc(-c2ccc(F)c(Br)c2)on1. The molecule has 0 bridgehead atoms. The van der Waals surface area contributed by atoms with Crippen LogP contribution in [0.1, 0.15) is 5.69 Å². The molecule has 1 aromatic carbocycles. The Bertz CT molecular complexity index is 686. The third kappa shape index (κ3) is 3.30. The fourth-order valence-corrected chi connectivity index (χ4v) is 2.55. The predicted molar refractivity (Wildman–Crippen MR) is 68.1 cm³/mol. The van der Waals surface area contributed by atoms with Gasteiger partial charge in [-0.1, -0.05) is 5.16 Å². The van der Waals surface area contributed by atoms with Crippen LogP contribution in [-0.2, 0) is 14.8 Å². The summed E-state index contributed by atoms with van der Waals surface area (Å²) in [5.41, 5.74) is 0.773. The molecule has 2 aromatic rings. The van der Waals surface area contributed by atoms with E-state index < -0.39 is 20.6 Å². The molecule has 8 heteroatoms. The maximum absolute atomic E-state index is 13.1. The van der Waals surface area contributed by atoms with Crippen LogP contribution < -0.4 is 0 Å². The molecule has 0 radical (unpaired) electrons. The highest BCUT2D eigenvalue weighted by atomic mass is 79.9. The second-order valence-electron chi connectivity index (χ2n) is 3.49. The molecule has 0 aliphatic rings. The predicted octanol–water partition coefficient (Wildman–Crippen LogP) is 3.31. The van der Waals surface area contributed by atoms with Crippen molar-refractivity contribution in [3.05, 3.63) is 40.2 Å². The summed E-state index contributed by atoms with van der Waals surface area (Å²) < 4.78 is 40.1. The third-order valence-corrected chi connectivity index (χ3v) is 3.66. The van der Waals surface area contributed by atoms with Crippen molar-refractivity contribution in [2.45, 2.75) is 5.75 Å². The lowest BCUT2D eigenvalue weighted by Crippen LogP contribution is -1.94. The van der Waals surface area contributed by atoms with Gasteiger partial charge in [0.1, 0.15) is 17.3 Å². The molecular formula is C10H6BrClFNO3S. The lowest BCUT2D eigenvalue weighted by atomic mass is 10.1. The highest BCUT2D eigenvalue weighted by Gasteiger charge is 2.14. The molecule has 2 rings (SSSR count). The zero-order valence-electron chi connectivity index (χ0n) is 8.73. The third-order valence-electron chi connectivity index (χ3n) is 2.08. The Morgan fingerprint density at radius 1 is 1.39 bits per heavy atom.